The van der Waals surface area contributed by atoms with Crippen LogP contribution >= 0.6 is 0 Å². The first-order valence-corrected chi connectivity index (χ1v) is 6.45. The number of hydrogen-bond donors (Lipinski definition) is 4. The molecule has 0 aromatic carbocycles. The van der Waals surface area contributed by atoms with Crippen LogP contribution < -0.4 is 17.2 Å². The molecular weight excluding hydrogens is 250 g/mol. The Bertz CT molecular complexity index is 299. The van der Waals surface area contributed by atoms with E-state index >= 15 is 0 Å². The number of esters is 1. The van der Waals surface area contributed by atoms with E-state index in [-0.39, 0.29) is 0 Å². The van der Waals surface area contributed by atoms with E-state index in [1.54, 1.807) is 13.8 Å². The fraction of sp³-hybridized carbons (Fsp3) is 0.833. The third-order valence-electron chi connectivity index (χ3n) is 3.17. The SMILES string of the molecule is CC(OC(=O)[C@@H](N)CCCCN)[C@H](C)[C@H](N)C(=O)O. The van der Waals surface area contributed by atoms with Gasteiger partial charge in [0, 0.05) is 5.92 Å². The number of hydrogen-bond acceptors (Lipinski definition) is 6. The Hall–Kier alpha value is -1.18. The molecule has 0 bridgehead atoms. The summed E-state index contributed by atoms with van der Waals surface area (Å²) in [5, 5.41) is 8.79. The van der Waals surface area contributed by atoms with Crippen LogP contribution in [0.4, 0.5) is 0 Å². The molecule has 0 radical (unpaired) electrons. The van der Waals surface area contributed by atoms with Gasteiger partial charge in [0.25, 0.3) is 0 Å². The number of aliphatic carboxylic acids is 1. The zero-order valence-electron chi connectivity index (χ0n) is 11.5. The molecule has 19 heavy (non-hydrogen) atoms. The number of carboxylic acid groups (broad SMARTS) is 1. The molecule has 0 amide bonds. The van der Waals surface area contributed by atoms with E-state index < -0.39 is 36.0 Å². The van der Waals surface area contributed by atoms with E-state index in [4.69, 9.17) is 27.0 Å². The number of carbonyl (C=O) groups is 2. The fourth-order valence-corrected chi connectivity index (χ4v) is 1.52. The summed E-state index contributed by atoms with van der Waals surface area (Å²) in [5.41, 5.74) is 16.5. The first kappa shape index (κ1) is 17.8. The van der Waals surface area contributed by atoms with Gasteiger partial charge in [0.15, 0.2) is 0 Å². The maximum absolute atomic E-state index is 11.7. The topological polar surface area (TPSA) is 142 Å². The smallest absolute Gasteiger partial charge is 0.323 e. The predicted molar refractivity (Wildman–Crippen MR) is 71.2 cm³/mol. The average molecular weight is 275 g/mol. The van der Waals surface area contributed by atoms with Crippen molar-refractivity contribution >= 4 is 11.9 Å². The van der Waals surface area contributed by atoms with Crippen LogP contribution in [0.1, 0.15) is 33.1 Å². The zero-order valence-corrected chi connectivity index (χ0v) is 11.5. The lowest BCUT2D eigenvalue weighted by atomic mass is 9.97. The summed E-state index contributed by atoms with van der Waals surface area (Å²) in [6.07, 6.45) is 1.46. The van der Waals surface area contributed by atoms with Crippen molar-refractivity contribution in [3.05, 3.63) is 0 Å². The van der Waals surface area contributed by atoms with Gasteiger partial charge in [0.2, 0.25) is 0 Å². The van der Waals surface area contributed by atoms with E-state index in [0.29, 0.717) is 13.0 Å². The lowest BCUT2D eigenvalue weighted by Gasteiger charge is -2.24. The Kier molecular flexibility index (Phi) is 8.29. The van der Waals surface area contributed by atoms with Crippen LogP contribution in [-0.4, -0.2) is 41.8 Å². The summed E-state index contributed by atoms with van der Waals surface area (Å²) in [6.45, 7) is 3.79. The molecule has 0 saturated heterocycles. The lowest BCUT2D eigenvalue weighted by molar-refractivity contribution is -0.155. The van der Waals surface area contributed by atoms with Gasteiger partial charge in [-0.1, -0.05) is 13.3 Å². The van der Waals surface area contributed by atoms with Crippen LogP contribution in [-0.2, 0) is 14.3 Å². The highest BCUT2D eigenvalue weighted by Crippen LogP contribution is 2.12. The van der Waals surface area contributed by atoms with Crippen LogP contribution in [0.5, 0.6) is 0 Å². The summed E-state index contributed by atoms with van der Waals surface area (Å²) in [6, 6.07) is -1.78. The van der Waals surface area contributed by atoms with E-state index in [1.165, 1.54) is 0 Å². The third-order valence-corrected chi connectivity index (χ3v) is 3.17. The first-order valence-electron chi connectivity index (χ1n) is 6.45. The number of carboxylic acids is 1. The van der Waals surface area contributed by atoms with Crippen molar-refractivity contribution in [1.29, 1.82) is 0 Å². The Balaban J connectivity index is 4.20. The van der Waals surface area contributed by atoms with Crippen LogP contribution in [0.25, 0.3) is 0 Å². The minimum Gasteiger partial charge on any atom is -0.480 e. The number of nitrogens with two attached hydrogens (primary N) is 3. The van der Waals surface area contributed by atoms with Gasteiger partial charge in [-0.25, -0.2) is 0 Å². The highest BCUT2D eigenvalue weighted by Gasteiger charge is 2.28. The van der Waals surface area contributed by atoms with E-state index in [1.807, 2.05) is 0 Å². The van der Waals surface area contributed by atoms with Crippen LogP contribution in [0.15, 0.2) is 0 Å². The molecule has 0 aromatic rings. The summed E-state index contributed by atoms with van der Waals surface area (Å²) >= 11 is 0. The normalized spacial score (nSPS) is 17.3. The van der Waals surface area contributed by atoms with Crippen molar-refractivity contribution in [3.8, 4) is 0 Å². The molecule has 0 fully saturated rings. The largest absolute Gasteiger partial charge is 0.480 e. The van der Waals surface area contributed by atoms with E-state index in [2.05, 4.69) is 0 Å². The van der Waals surface area contributed by atoms with Gasteiger partial charge in [-0.05, 0) is 26.3 Å². The minimum atomic E-state index is -1.12. The molecular formula is C12H25N3O4. The quantitative estimate of drug-likeness (QED) is 0.326. The highest BCUT2D eigenvalue weighted by molar-refractivity contribution is 5.76. The Labute approximate surface area is 113 Å². The Morgan fingerprint density at radius 1 is 1.21 bits per heavy atom. The monoisotopic (exact) mass is 275 g/mol. The third kappa shape index (κ3) is 6.51. The van der Waals surface area contributed by atoms with Gasteiger partial charge in [0.05, 0.1) is 0 Å². The van der Waals surface area contributed by atoms with Gasteiger partial charge in [-0.2, -0.15) is 0 Å². The molecule has 4 atom stereocenters. The van der Waals surface area contributed by atoms with Crippen molar-refractivity contribution in [2.45, 2.75) is 51.3 Å². The number of unbranched alkanes of at least 4 members (excludes halogenated alkanes) is 1. The Morgan fingerprint density at radius 2 is 1.79 bits per heavy atom. The molecule has 7 heteroatoms. The van der Waals surface area contributed by atoms with Crippen molar-refractivity contribution in [2.75, 3.05) is 6.54 Å². The number of rotatable bonds is 9. The summed E-state index contributed by atoms with van der Waals surface area (Å²) in [5.74, 6) is -2.14. The number of carbonyl (C=O) groups excluding carboxylic acids is 1. The van der Waals surface area contributed by atoms with Crippen molar-refractivity contribution in [1.82, 2.24) is 0 Å². The molecule has 1 unspecified atom stereocenters. The molecule has 7 N–H and O–H groups in total. The Morgan fingerprint density at radius 3 is 2.26 bits per heavy atom. The van der Waals surface area contributed by atoms with Gasteiger partial charge < -0.3 is 27.0 Å². The zero-order chi connectivity index (χ0) is 15.0. The predicted octanol–water partition coefficient (Wildman–Crippen LogP) is -0.578. The second kappa shape index (κ2) is 8.84. The van der Waals surface area contributed by atoms with Crippen LogP contribution in [0.3, 0.4) is 0 Å². The highest BCUT2D eigenvalue weighted by atomic mass is 16.5. The van der Waals surface area contributed by atoms with Gasteiger partial charge in [0.1, 0.15) is 18.2 Å². The maximum Gasteiger partial charge on any atom is 0.323 e. The molecule has 0 aliphatic carbocycles. The average Bonchev–Trinajstić information content (AvgIpc) is 2.36. The molecule has 7 nitrogen and oxygen atoms in total. The molecule has 0 spiro atoms. The lowest BCUT2D eigenvalue weighted by Crippen LogP contribution is -2.44. The summed E-state index contributed by atoms with van der Waals surface area (Å²) < 4.78 is 5.14. The molecule has 0 heterocycles. The molecule has 0 aliphatic rings. The second-order valence-electron chi connectivity index (χ2n) is 4.76. The first-order chi connectivity index (χ1) is 8.81. The van der Waals surface area contributed by atoms with E-state index in [0.717, 1.165) is 12.8 Å². The fourth-order valence-electron chi connectivity index (χ4n) is 1.52. The van der Waals surface area contributed by atoms with Gasteiger partial charge >= 0.3 is 11.9 Å². The van der Waals surface area contributed by atoms with E-state index in [9.17, 15) is 9.59 Å². The maximum atomic E-state index is 11.7. The minimum absolute atomic E-state index is 0.488. The van der Waals surface area contributed by atoms with Gasteiger partial charge in [-0.15, -0.1) is 0 Å². The number of ether oxygens (including phenoxy) is 1. The molecule has 0 saturated carbocycles. The molecule has 0 rings (SSSR count). The van der Waals surface area contributed by atoms with Gasteiger partial charge in [-0.3, -0.25) is 9.59 Å². The standard InChI is InChI=1S/C12H25N3O4/c1-7(10(15)11(16)17)8(2)19-12(18)9(14)5-3-4-6-13/h7-10H,3-6,13-15H2,1-2H3,(H,16,17)/t7-,8?,9-,10-/m0/s1. The van der Waals surface area contributed by atoms with Crippen molar-refractivity contribution in [2.24, 2.45) is 23.1 Å². The van der Waals surface area contributed by atoms with Crippen LogP contribution in [0, 0.1) is 5.92 Å². The summed E-state index contributed by atoms with van der Waals surface area (Å²) in [4.78, 5) is 22.4. The molecule has 112 valence electrons. The van der Waals surface area contributed by atoms with Crippen LogP contribution in [0.2, 0.25) is 0 Å². The van der Waals surface area contributed by atoms with Crippen molar-refractivity contribution in [3.63, 3.8) is 0 Å². The van der Waals surface area contributed by atoms with Crippen molar-refractivity contribution < 1.29 is 19.4 Å². The molecule has 0 aliphatic heterocycles. The second-order valence-corrected chi connectivity index (χ2v) is 4.76. The molecule has 0 aromatic heterocycles. The summed E-state index contributed by atoms with van der Waals surface area (Å²) in [7, 11) is 0.